The molecule has 0 saturated carbocycles. The second kappa shape index (κ2) is 12.1. The SMILES string of the molecule is O=C(Nc1ccc(OCCOc2ccccc2)cc1)c1ccccc1OCCc1ccccc1. The van der Waals surface area contributed by atoms with Gasteiger partial charge in [0.15, 0.2) is 0 Å². The molecule has 0 aliphatic heterocycles. The van der Waals surface area contributed by atoms with Crippen molar-refractivity contribution in [1.82, 2.24) is 0 Å². The van der Waals surface area contributed by atoms with Gasteiger partial charge in [0.1, 0.15) is 30.5 Å². The topological polar surface area (TPSA) is 56.8 Å². The molecular weight excluding hydrogens is 426 g/mol. The molecule has 1 amide bonds. The largest absolute Gasteiger partial charge is 0.492 e. The Morgan fingerprint density at radius 1 is 0.588 bits per heavy atom. The monoisotopic (exact) mass is 453 g/mol. The molecule has 0 bridgehead atoms. The van der Waals surface area contributed by atoms with Crippen molar-refractivity contribution in [3.63, 3.8) is 0 Å². The summed E-state index contributed by atoms with van der Waals surface area (Å²) in [7, 11) is 0. The predicted octanol–water partition coefficient (Wildman–Crippen LogP) is 6.02. The molecule has 4 aromatic carbocycles. The highest BCUT2D eigenvalue weighted by Gasteiger charge is 2.12. The summed E-state index contributed by atoms with van der Waals surface area (Å²) in [6.45, 7) is 1.37. The van der Waals surface area contributed by atoms with Crippen LogP contribution < -0.4 is 19.5 Å². The lowest BCUT2D eigenvalue weighted by Gasteiger charge is -2.12. The van der Waals surface area contributed by atoms with Gasteiger partial charge in [-0.3, -0.25) is 4.79 Å². The van der Waals surface area contributed by atoms with Gasteiger partial charge in [0.05, 0.1) is 12.2 Å². The van der Waals surface area contributed by atoms with Gasteiger partial charge in [0.25, 0.3) is 5.91 Å². The van der Waals surface area contributed by atoms with E-state index in [1.165, 1.54) is 5.56 Å². The summed E-state index contributed by atoms with van der Waals surface area (Å²) in [6, 6.07) is 34.3. The lowest BCUT2D eigenvalue weighted by Crippen LogP contribution is -2.14. The van der Waals surface area contributed by atoms with Gasteiger partial charge < -0.3 is 19.5 Å². The Balaban J connectivity index is 1.26. The van der Waals surface area contributed by atoms with Crippen molar-refractivity contribution in [2.75, 3.05) is 25.1 Å². The van der Waals surface area contributed by atoms with Crippen molar-refractivity contribution in [3.05, 3.63) is 120 Å². The maximum Gasteiger partial charge on any atom is 0.259 e. The highest BCUT2D eigenvalue weighted by atomic mass is 16.5. The molecule has 0 spiro atoms. The molecule has 4 aromatic rings. The van der Waals surface area contributed by atoms with Crippen LogP contribution in [0.5, 0.6) is 17.2 Å². The second-order valence-electron chi connectivity index (χ2n) is 7.57. The van der Waals surface area contributed by atoms with Gasteiger partial charge in [-0.2, -0.15) is 0 Å². The Morgan fingerprint density at radius 2 is 1.18 bits per heavy atom. The first-order valence-corrected chi connectivity index (χ1v) is 11.3. The number of benzene rings is 4. The number of rotatable bonds is 11. The molecule has 0 unspecified atom stereocenters. The summed E-state index contributed by atoms with van der Waals surface area (Å²) in [5.41, 5.74) is 2.37. The Kier molecular flexibility index (Phi) is 8.17. The van der Waals surface area contributed by atoms with Gasteiger partial charge in [0.2, 0.25) is 0 Å². The fourth-order valence-electron chi connectivity index (χ4n) is 3.37. The van der Waals surface area contributed by atoms with E-state index in [-0.39, 0.29) is 5.91 Å². The number of carbonyl (C=O) groups excluding carboxylic acids is 1. The zero-order valence-electron chi connectivity index (χ0n) is 18.9. The van der Waals surface area contributed by atoms with Crippen molar-refractivity contribution >= 4 is 11.6 Å². The molecule has 0 heterocycles. The highest BCUT2D eigenvalue weighted by molar-refractivity contribution is 6.06. The van der Waals surface area contributed by atoms with E-state index in [9.17, 15) is 4.79 Å². The van der Waals surface area contributed by atoms with E-state index < -0.39 is 0 Å². The van der Waals surface area contributed by atoms with Crippen molar-refractivity contribution in [2.24, 2.45) is 0 Å². The molecule has 0 radical (unpaired) electrons. The first-order chi connectivity index (χ1) is 16.8. The lowest BCUT2D eigenvalue weighted by atomic mass is 10.1. The first kappa shape index (κ1) is 22.9. The van der Waals surface area contributed by atoms with E-state index in [2.05, 4.69) is 17.4 Å². The third-order valence-corrected chi connectivity index (χ3v) is 5.10. The van der Waals surface area contributed by atoms with E-state index in [1.807, 2.05) is 91.0 Å². The van der Waals surface area contributed by atoms with E-state index in [0.717, 1.165) is 12.2 Å². The van der Waals surface area contributed by atoms with Crippen LogP contribution in [-0.2, 0) is 6.42 Å². The Morgan fingerprint density at radius 3 is 1.88 bits per heavy atom. The van der Waals surface area contributed by atoms with Crippen LogP contribution in [0.3, 0.4) is 0 Å². The number of para-hydroxylation sites is 2. The number of hydrogen-bond acceptors (Lipinski definition) is 4. The standard InChI is InChI=1S/C29H27NO4/c31-29(27-13-7-8-14-28(27)34-20-19-23-9-3-1-4-10-23)30-24-15-17-26(18-16-24)33-22-21-32-25-11-5-2-6-12-25/h1-18H,19-22H2,(H,30,31). The van der Waals surface area contributed by atoms with Crippen LogP contribution in [0.1, 0.15) is 15.9 Å². The zero-order valence-corrected chi connectivity index (χ0v) is 18.9. The fraction of sp³-hybridized carbons (Fsp3) is 0.138. The molecular formula is C29H27NO4. The van der Waals surface area contributed by atoms with Crippen LogP contribution in [0.15, 0.2) is 109 Å². The number of carbonyl (C=O) groups is 1. The van der Waals surface area contributed by atoms with Gasteiger partial charge in [-0.05, 0) is 54.1 Å². The zero-order chi connectivity index (χ0) is 23.4. The third-order valence-electron chi connectivity index (χ3n) is 5.10. The molecule has 0 aliphatic carbocycles. The molecule has 0 fully saturated rings. The third kappa shape index (κ3) is 6.87. The molecule has 1 N–H and O–H groups in total. The van der Waals surface area contributed by atoms with Gasteiger partial charge in [-0.25, -0.2) is 0 Å². The minimum absolute atomic E-state index is 0.222. The maximum absolute atomic E-state index is 12.9. The fourth-order valence-corrected chi connectivity index (χ4v) is 3.37. The highest BCUT2D eigenvalue weighted by Crippen LogP contribution is 2.21. The summed E-state index contributed by atoms with van der Waals surface area (Å²) in [5.74, 6) is 1.86. The van der Waals surface area contributed by atoms with Gasteiger partial charge in [-0.15, -0.1) is 0 Å². The van der Waals surface area contributed by atoms with Gasteiger partial charge in [0, 0.05) is 12.1 Å². The Bertz CT molecular complexity index is 1160. The average Bonchev–Trinajstić information content (AvgIpc) is 2.89. The quantitative estimate of drug-likeness (QED) is 0.282. The van der Waals surface area contributed by atoms with E-state index in [0.29, 0.717) is 42.6 Å². The van der Waals surface area contributed by atoms with Gasteiger partial charge >= 0.3 is 0 Å². The second-order valence-corrected chi connectivity index (χ2v) is 7.57. The van der Waals surface area contributed by atoms with E-state index in [1.54, 1.807) is 6.07 Å². The number of anilines is 1. The van der Waals surface area contributed by atoms with Crippen LogP contribution in [-0.4, -0.2) is 25.7 Å². The van der Waals surface area contributed by atoms with Crippen LogP contribution in [0, 0.1) is 0 Å². The van der Waals surface area contributed by atoms with Crippen LogP contribution >= 0.6 is 0 Å². The molecule has 0 saturated heterocycles. The molecule has 0 atom stereocenters. The summed E-state index contributed by atoms with van der Waals surface area (Å²) in [6.07, 6.45) is 0.772. The Hall–Kier alpha value is -4.25. The first-order valence-electron chi connectivity index (χ1n) is 11.3. The molecule has 5 heteroatoms. The molecule has 5 nitrogen and oxygen atoms in total. The summed E-state index contributed by atoms with van der Waals surface area (Å²) in [5, 5.41) is 2.92. The number of nitrogens with one attached hydrogen (secondary N) is 1. The number of hydrogen-bond donors (Lipinski definition) is 1. The van der Waals surface area contributed by atoms with Crippen molar-refractivity contribution < 1.29 is 19.0 Å². The van der Waals surface area contributed by atoms with E-state index in [4.69, 9.17) is 14.2 Å². The molecule has 34 heavy (non-hydrogen) atoms. The van der Waals surface area contributed by atoms with Crippen molar-refractivity contribution in [3.8, 4) is 17.2 Å². The number of ether oxygens (including phenoxy) is 3. The van der Waals surface area contributed by atoms with Gasteiger partial charge in [-0.1, -0.05) is 60.7 Å². The van der Waals surface area contributed by atoms with E-state index >= 15 is 0 Å². The predicted molar refractivity (Wildman–Crippen MR) is 134 cm³/mol. The number of amides is 1. The Labute approximate surface area is 199 Å². The summed E-state index contributed by atoms with van der Waals surface area (Å²) >= 11 is 0. The smallest absolute Gasteiger partial charge is 0.259 e. The van der Waals surface area contributed by atoms with Crippen molar-refractivity contribution in [1.29, 1.82) is 0 Å². The van der Waals surface area contributed by atoms with Crippen molar-refractivity contribution in [2.45, 2.75) is 6.42 Å². The minimum atomic E-state index is -0.222. The summed E-state index contributed by atoms with van der Waals surface area (Å²) in [4.78, 5) is 12.9. The molecule has 4 rings (SSSR count). The average molecular weight is 454 g/mol. The lowest BCUT2D eigenvalue weighted by molar-refractivity contribution is 0.102. The minimum Gasteiger partial charge on any atom is -0.492 e. The van der Waals surface area contributed by atoms with Crippen LogP contribution in [0.25, 0.3) is 0 Å². The molecule has 172 valence electrons. The molecule has 0 aliphatic rings. The van der Waals surface area contributed by atoms with Crippen LogP contribution in [0.2, 0.25) is 0 Å². The normalized spacial score (nSPS) is 10.4. The maximum atomic E-state index is 12.9. The molecule has 0 aromatic heterocycles. The summed E-state index contributed by atoms with van der Waals surface area (Å²) < 4.78 is 17.3. The van der Waals surface area contributed by atoms with Crippen LogP contribution in [0.4, 0.5) is 5.69 Å².